The number of hydrogen-bond acceptors (Lipinski definition) is 2. The molecular formula is C12H14BrIN2O2. The van der Waals surface area contributed by atoms with Crippen molar-refractivity contribution in [1.82, 2.24) is 10.2 Å². The highest BCUT2D eigenvalue weighted by molar-refractivity contribution is 14.1. The van der Waals surface area contributed by atoms with Crippen LogP contribution in [0.2, 0.25) is 0 Å². The first-order chi connectivity index (χ1) is 8.45. The first-order valence-corrected chi connectivity index (χ1v) is 7.30. The molecule has 0 heterocycles. The molecule has 1 aromatic carbocycles. The molecule has 0 bridgehead atoms. The molecule has 0 unspecified atom stereocenters. The lowest BCUT2D eigenvalue weighted by atomic mass is 10.2. The van der Waals surface area contributed by atoms with E-state index in [0.717, 1.165) is 8.04 Å². The summed E-state index contributed by atoms with van der Waals surface area (Å²) in [6.07, 6.45) is 0. The van der Waals surface area contributed by atoms with Crippen molar-refractivity contribution in [2.24, 2.45) is 0 Å². The van der Waals surface area contributed by atoms with Crippen molar-refractivity contribution in [3.05, 3.63) is 31.8 Å². The predicted octanol–water partition coefficient (Wildman–Crippen LogP) is 2.26. The number of rotatable bonds is 4. The Morgan fingerprint density at radius 1 is 1.44 bits per heavy atom. The Hall–Kier alpha value is -0.630. The number of carbonyl (C=O) groups excluding carboxylic acids is 2. The standard InChI is InChI=1S/C12H14BrIN2O2/c1-3-16(2)11(17)7-15-12(18)9-6-8(14)4-5-10(9)13/h4-6H,3,7H2,1-2H3,(H,15,18). The zero-order valence-corrected chi connectivity index (χ0v) is 13.9. The second-order valence-corrected chi connectivity index (χ2v) is 5.81. The third kappa shape index (κ3) is 4.24. The zero-order chi connectivity index (χ0) is 13.7. The fraction of sp³-hybridized carbons (Fsp3) is 0.333. The van der Waals surface area contributed by atoms with Crippen LogP contribution < -0.4 is 5.32 Å². The summed E-state index contributed by atoms with van der Waals surface area (Å²) in [5.74, 6) is -0.356. The minimum atomic E-state index is -0.252. The van der Waals surface area contributed by atoms with Gasteiger partial charge in [0.2, 0.25) is 5.91 Å². The first kappa shape index (κ1) is 15.4. The van der Waals surface area contributed by atoms with E-state index in [9.17, 15) is 9.59 Å². The van der Waals surface area contributed by atoms with Crippen LogP contribution >= 0.6 is 38.5 Å². The normalized spacial score (nSPS) is 10.0. The highest BCUT2D eigenvalue weighted by atomic mass is 127. The molecule has 0 spiro atoms. The van der Waals surface area contributed by atoms with E-state index in [2.05, 4.69) is 43.8 Å². The minimum absolute atomic E-state index is 0.0150. The van der Waals surface area contributed by atoms with E-state index < -0.39 is 0 Å². The number of likely N-dealkylation sites (N-methyl/N-ethyl adjacent to an activating group) is 1. The summed E-state index contributed by atoms with van der Waals surface area (Å²) in [7, 11) is 1.70. The Balaban J connectivity index is 2.66. The van der Waals surface area contributed by atoms with Gasteiger partial charge < -0.3 is 10.2 Å². The van der Waals surface area contributed by atoms with Gasteiger partial charge in [-0.05, 0) is 63.6 Å². The lowest BCUT2D eigenvalue weighted by Crippen LogP contribution is -2.38. The average molecular weight is 425 g/mol. The summed E-state index contributed by atoms with van der Waals surface area (Å²) >= 11 is 5.46. The number of nitrogens with one attached hydrogen (secondary N) is 1. The van der Waals surface area contributed by atoms with Gasteiger partial charge in [0, 0.05) is 21.6 Å². The molecule has 0 saturated heterocycles. The van der Waals surface area contributed by atoms with Gasteiger partial charge in [0.05, 0.1) is 12.1 Å². The van der Waals surface area contributed by atoms with E-state index in [0.29, 0.717) is 12.1 Å². The first-order valence-electron chi connectivity index (χ1n) is 5.43. The van der Waals surface area contributed by atoms with Gasteiger partial charge in [0.25, 0.3) is 5.91 Å². The van der Waals surface area contributed by atoms with Gasteiger partial charge in [-0.15, -0.1) is 0 Å². The summed E-state index contributed by atoms with van der Waals surface area (Å²) in [4.78, 5) is 25.0. The highest BCUT2D eigenvalue weighted by Gasteiger charge is 2.13. The Morgan fingerprint density at radius 3 is 2.72 bits per heavy atom. The van der Waals surface area contributed by atoms with Crippen LogP contribution in [0.5, 0.6) is 0 Å². The van der Waals surface area contributed by atoms with E-state index >= 15 is 0 Å². The Kier molecular flexibility index (Phi) is 6.07. The van der Waals surface area contributed by atoms with Crippen LogP contribution in [0, 0.1) is 3.57 Å². The number of halogens is 2. The molecule has 2 amide bonds. The Bertz CT molecular complexity index is 465. The van der Waals surface area contributed by atoms with Crippen molar-refractivity contribution in [3.63, 3.8) is 0 Å². The molecule has 0 fully saturated rings. The monoisotopic (exact) mass is 424 g/mol. The molecule has 0 atom stereocenters. The molecule has 6 heteroatoms. The molecular weight excluding hydrogens is 411 g/mol. The maximum atomic E-state index is 11.9. The Labute approximate surface area is 128 Å². The zero-order valence-electron chi connectivity index (χ0n) is 10.2. The number of amides is 2. The molecule has 98 valence electrons. The van der Waals surface area contributed by atoms with Gasteiger partial charge in [-0.3, -0.25) is 9.59 Å². The highest BCUT2D eigenvalue weighted by Crippen LogP contribution is 2.19. The molecule has 18 heavy (non-hydrogen) atoms. The summed E-state index contributed by atoms with van der Waals surface area (Å²) in [6, 6.07) is 5.49. The fourth-order valence-corrected chi connectivity index (χ4v) is 2.15. The summed E-state index contributed by atoms with van der Waals surface area (Å²) < 4.78 is 1.69. The molecule has 0 aliphatic heterocycles. The second kappa shape index (κ2) is 7.08. The van der Waals surface area contributed by atoms with Gasteiger partial charge in [-0.25, -0.2) is 0 Å². The largest absolute Gasteiger partial charge is 0.345 e. The smallest absolute Gasteiger partial charge is 0.252 e. The molecule has 1 N–H and O–H groups in total. The SMILES string of the molecule is CCN(C)C(=O)CNC(=O)c1cc(I)ccc1Br. The summed E-state index contributed by atoms with van der Waals surface area (Å²) in [5, 5.41) is 2.62. The van der Waals surface area contributed by atoms with Crippen molar-refractivity contribution in [2.45, 2.75) is 6.92 Å². The van der Waals surface area contributed by atoms with Crippen molar-refractivity contribution < 1.29 is 9.59 Å². The van der Waals surface area contributed by atoms with Crippen LogP contribution in [-0.4, -0.2) is 36.9 Å². The van der Waals surface area contributed by atoms with E-state index in [-0.39, 0.29) is 18.4 Å². The van der Waals surface area contributed by atoms with Crippen LogP contribution in [0.25, 0.3) is 0 Å². The average Bonchev–Trinajstić information content (AvgIpc) is 2.37. The molecule has 0 aromatic heterocycles. The molecule has 0 radical (unpaired) electrons. The fourth-order valence-electron chi connectivity index (χ4n) is 1.23. The number of benzene rings is 1. The van der Waals surface area contributed by atoms with Gasteiger partial charge in [0.1, 0.15) is 0 Å². The molecule has 1 rings (SSSR count). The molecule has 1 aromatic rings. The van der Waals surface area contributed by atoms with Crippen molar-refractivity contribution in [2.75, 3.05) is 20.1 Å². The maximum absolute atomic E-state index is 11.9. The molecule has 0 saturated carbocycles. The second-order valence-electron chi connectivity index (χ2n) is 3.71. The third-order valence-electron chi connectivity index (χ3n) is 2.47. The number of nitrogens with zero attached hydrogens (tertiary/aromatic N) is 1. The van der Waals surface area contributed by atoms with Gasteiger partial charge in [0.15, 0.2) is 0 Å². The van der Waals surface area contributed by atoms with Crippen LogP contribution in [0.4, 0.5) is 0 Å². The minimum Gasteiger partial charge on any atom is -0.345 e. The van der Waals surface area contributed by atoms with Crippen LogP contribution in [0.1, 0.15) is 17.3 Å². The topological polar surface area (TPSA) is 49.4 Å². The third-order valence-corrected chi connectivity index (χ3v) is 3.84. The van der Waals surface area contributed by atoms with Crippen molar-refractivity contribution in [3.8, 4) is 0 Å². The summed E-state index contributed by atoms with van der Waals surface area (Å²) in [6.45, 7) is 2.53. The van der Waals surface area contributed by atoms with Crippen LogP contribution in [0.3, 0.4) is 0 Å². The van der Waals surface area contributed by atoms with E-state index in [4.69, 9.17) is 0 Å². The Morgan fingerprint density at radius 2 is 2.11 bits per heavy atom. The lowest BCUT2D eigenvalue weighted by molar-refractivity contribution is -0.128. The maximum Gasteiger partial charge on any atom is 0.252 e. The van der Waals surface area contributed by atoms with Gasteiger partial charge in [-0.1, -0.05) is 0 Å². The molecule has 0 aliphatic carbocycles. The quantitative estimate of drug-likeness (QED) is 0.753. The lowest BCUT2D eigenvalue weighted by Gasteiger charge is -2.15. The van der Waals surface area contributed by atoms with Crippen molar-refractivity contribution >= 4 is 50.3 Å². The molecule has 4 nitrogen and oxygen atoms in total. The van der Waals surface area contributed by atoms with E-state index in [1.807, 2.05) is 19.1 Å². The summed E-state index contributed by atoms with van der Waals surface area (Å²) in [5.41, 5.74) is 0.536. The van der Waals surface area contributed by atoms with E-state index in [1.165, 1.54) is 0 Å². The number of carbonyl (C=O) groups is 2. The van der Waals surface area contributed by atoms with Crippen LogP contribution in [0.15, 0.2) is 22.7 Å². The number of hydrogen-bond donors (Lipinski definition) is 1. The van der Waals surface area contributed by atoms with Gasteiger partial charge >= 0.3 is 0 Å². The molecule has 0 aliphatic rings. The van der Waals surface area contributed by atoms with Crippen LogP contribution in [-0.2, 0) is 4.79 Å². The van der Waals surface area contributed by atoms with E-state index in [1.54, 1.807) is 18.0 Å². The van der Waals surface area contributed by atoms with Gasteiger partial charge in [-0.2, -0.15) is 0 Å². The van der Waals surface area contributed by atoms with Crippen molar-refractivity contribution in [1.29, 1.82) is 0 Å². The predicted molar refractivity (Wildman–Crippen MR) is 82.5 cm³/mol.